The quantitative estimate of drug-likeness (QED) is 0.779. The fraction of sp³-hybridized carbons (Fsp3) is 0.0714. The third-order valence-electron chi connectivity index (χ3n) is 2.84. The summed E-state index contributed by atoms with van der Waals surface area (Å²) >= 11 is 0. The first-order chi connectivity index (χ1) is 9.94. The van der Waals surface area contributed by atoms with E-state index in [9.17, 15) is 18.3 Å². The summed E-state index contributed by atoms with van der Waals surface area (Å²) in [5.74, 6) is -1.13. The molecule has 0 bridgehead atoms. The lowest BCUT2D eigenvalue weighted by Crippen LogP contribution is -2.14. The van der Waals surface area contributed by atoms with Crippen LogP contribution in [0.5, 0.6) is 0 Å². The van der Waals surface area contributed by atoms with Gasteiger partial charge in [-0.1, -0.05) is 18.2 Å². The molecule has 0 amide bonds. The van der Waals surface area contributed by atoms with Crippen molar-refractivity contribution in [2.24, 2.45) is 0 Å². The molecule has 0 aliphatic heterocycles. The zero-order valence-electron chi connectivity index (χ0n) is 10.9. The van der Waals surface area contributed by atoms with Crippen LogP contribution in [0.25, 0.3) is 0 Å². The number of para-hydroxylation sites is 1. The summed E-state index contributed by atoms with van der Waals surface area (Å²) in [6.45, 7) is -0.295. The normalized spacial score (nSPS) is 11.1. The van der Waals surface area contributed by atoms with Crippen LogP contribution in [0.1, 0.15) is 15.9 Å². The summed E-state index contributed by atoms with van der Waals surface area (Å²) in [5, 5.41) is 18.0. The van der Waals surface area contributed by atoms with E-state index < -0.39 is 16.0 Å². The molecule has 0 unspecified atom stereocenters. The molecule has 3 N–H and O–H groups in total. The summed E-state index contributed by atoms with van der Waals surface area (Å²) in [4.78, 5) is 10.7. The van der Waals surface area contributed by atoms with Crippen molar-refractivity contribution in [3.05, 3.63) is 59.7 Å². The zero-order valence-corrected chi connectivity index (χ0v) is 11.7. The van der Waals surface area contributed by atoms with Crippen LogP contribution in [-0.4, -0.2) is 24.6 Å². The Hall–Kier alpha value is -2.38. The number of rotatable bonds is 5. The van der Waals surface area contributed by atoms with Crippen molar-refractivity contribution in [3.63, 3.8) is 0 Å². The Kier molecular flexibility index (Phi) is 4.25. The van der Waals surface area contributed by atoms with Gasteiger partial charge < -0.3 is 10.2 Å². The van der Waals surface area contributed by atoms with Gasteiger partial charge in [-0.05, 0) is 30.3 Å². The van der Waals surface area contributed by atoms with E-state index in [-0.39, 0.29) is 22.8 Å². The lowest BCUT2D eigenvalue weighted by atomic mass is 10.2. The van der Waals surface area contributed by atoms with Crippen LogP contribution in [0.15, 0.2) is 53.4 Å². The molecule has 2 aromatic carbocycles. The van der Waals surface area contributed by atoms with Gasteiger partial charge in [0.2, 0.25) is 0 Å². The van der Waals surface area contributed by atoms with Gasteiger partial charge in [0.15, 0.2) is 0 Å². The van der Waals surface area contributed by atoms with Crippen molar-refractivity contribution in [1.29, 1.82) is 0 Å². The van der Waals surface area contributed by atoms with Gasteiger partial charge in [0.05, 0.1) is 22.8 Å². The molecule has 7 heteroatoms. The number of aromatic carboxylic acids is 1. The third kappa shape index (κ3) is 3.39. The monoisotopic (exact) mass is 307 g/mol. The lowest BCUT2D eigenvalue weighted by molar-refractivity contribution is 0.0696. The SMILES string of the molecule is O=C(O)c1ccc(S(=O)(=O)Nc2ccccc2CO)cc1. The van der Waals surface area contributed by atoms with E-state index in [1.807, 2.05) is 0 Å². The maximum Gasteiger partial charge on any atom is 0.335 e. The van der Waals surface area contributed by atoms with Gasteiger partial charge in [0.1, 0.15) is 0 Å². The number of nitrogens with one attached hydrogen (secondary N) is 1. The van der Waals surface area contributed by atoms with Crippen LogP contribution < -0.4 is 4.72 Å². The molecule has 2 aromatic rings. The van der Waals surface area contributed by atoms with Crippen molar-refractivity contribution in [1.82, 2.24) is 0 Å². The Labute approximate surface area is 121 Å². The van der Waals surface area contributed by atoms with Crippen molar-refractivity contribution < 1.29 is 23.4 Å². The second-order valence-corrected chi connectivity index (χ2v) is 5.93. The third-order valence-corrected chi connectivity index (χ3v) is 4.23. The number of carboxylic acid groups (broad SMARTS) is 1. The molecule has 0 radical (unpaired) electrons. The number of carboxylic acids is 1. The predicted octanol–water partition coefficient (Wildman–Crippen LogP) is 1.68. The van der Waals surface area contributed by atoms with Gasteiger partial charge in [0.25, 0.3) is 10.0 Å². The number of hydrogen-bond donors (Lipinski definition) is 3. The Bertz CT molecular complexity index is 753. The number of aliphatic hydroxyl groups is 1. The molecule has 0 aromatic heterocycles. The molecule has 0 aliphatic rings. The number of carbonyl (C=O) groups is 1. The maximum atomic E-state index is 12.2. The lowest BCUT2D eigenvalue weighted by Gasteiger charge is -2.11. The summed E-state index contributed by atoms with van der Waals surface area (Å²) in [6, 6.07) is 11.3. The first-order valence-electron chi connectivity index (χ1n) is 5.99. The number of aliphatic hydroxyl groups excluding tert-OH is 1. The zero-order chi connectivity index (χ0) is 15.5. The van der Waals surface area contributed by atoms with Crippen LogP contribution in [0, 0.1) is 0 Å². The van der Waals surface area contributed by atoms with E-state index in [4.69, 9.17) is 5.11 Å². The van der Waals surface area contributed by atoms with Gasteiger partial charge in [-0.25, -0.2) is 13.2 Å². The average molecular weight is 307 g/mol. The van der Waals surface area contributed by atoms with Gasteiger partial charge in [-0.15, -0.1) is 0 Å². The van der Waals surface area contributed by atoms with E-state index in [1.54, 1.807) is 18.2 Å². The molecule has 0 spiro atoms. The fourth-order valence-corrected chi connectivity index (χ4v) is 2.84. The molecule has 6 nitrogen and oxygen atoms in total. The number of sulfonamides is 1. The van der Waals surface area contributed by atoms with E-state index in [0.717, 1.165) is 0 Å². The van der Waals surface area contributed by atoms with Crippen LogP contribution in [0.2, 0.25) is 0 Å². The molecule has 21 heavy (non-hydrogen) atoms. The molecule has 0 saturated carbocycles. The number of benzene rings is 2. The van der Waals surface area contributed by atoms with Gasteiger partial charge >= 0.3 is 5.97 Å². The summed E-state index contributed by atoms with van der Waals surface area (Å²) in [5.41, 5.74) is 0.732. The fourth-order valence-electron chi connectivity index (χ4n) is 1.74. The first kappa shape index (κ1) is 15.0. The smallest absolute Gasteiger partial charge is 0.335 e. The molecule has 0 saturated heterocycles. The minimum atomic E-state index is -3.84. The maximum absolute atomic E-state index is 12.2. The average Bonchev–Trinajstić information content (AvgIpc) is 2.47. The number of anilines is 1. The largest absolute Gasteiger partial charge is 0.478 e. The molecule has 0 aliphatic carbocycles. The van der Waals surface area contributed by atoms with Crippen molar-refractivity contribution in [2.45, 2.75) is 11.5 Å². The highest BCUT2D eigenvalue weighted by molar-refractivity contribution is 7.92. The van der Waals surface area contributed by atoms with E-state index >= 15 is 0 Å². The van der Waals surface area contributed by atoms with Crippen LogP contribution in [0.3, 0.4) is 0 Å². The second kappa shape index (κ2) is 5.94. The van der Waals surface area contributed by atoms with Crippen molar-refractivity contribution in [2.75, 3.05) is 4.72 Å². The molecule has 0 atom stereocenters. The van der Waals surface area contributed by atoms with E-state index in [0.29, 0.717) is 5.56 Å². The van der Waals surface area contributed by atoms with Gasteiger partial charge in [-0.3, -0.25) is 4.72 Å². The van der Waals surface area contributed by atoms with Gasteiger partial charge in [-0.2, -0.15) is 0 Å². The Morgan fingerprint density at radius 3 is 2.24 bits per heavy atom. The standard InChI is InChI=1S/C14H13NO5S/c16-9-11-3-1-2-4-13(11)15-21(19,20)12-7-5-10(6-8-12)14(17)18/h1-8,15-16H,9H2,(H,17,18). The topological polar surface area (TPSA) is 104 Å². The predicted molar refractivity (Wildman–Crippen MR) is 76.6 cm³/mol. The van der Waals surface area contributed by atoms with Crippen LogP contribution in [-0.2, 0) is 16.6 Å². The molecule has 110 valence electrons. The van der Waals surface area contributed by atoms with E-state index in [2.05, 4.69) is 4.72 Å². The molecule has 0 fully saturated rings. The van der Waals surface area contributed by atoms with Crippen LogP contribution >= 0.6 is 0 Å². The molecule has 2 rings (SSSR count). The Morgan fingerprint density at radius 1 is 1.05 bits per heavy atom. The summed E-state index contributed by atoms with van der Waals surface area (Å²) in [6.07, 6.45) is 0. The van der Waals surface area contributed by atoms with Crippen molar-refractivity contribution in [3.8, 4) is 0 Å². The Balaban J connectivity index is 2.32. The Morgan fingerprint density at radius 2 is 1.67 bits per heavy atom. The molecular weight excluding hydrogens is 294 g/mol. The number of hydrogen-bond acceptors (Lipinski definition) is 4. The van der Waals surface area contributed by atoms with E-state index in [1.165, 1.54) is 30.3 Å². The highest BCUT2D eigenvalue weighted by Gasteiger charge is 2.16. The van der Waals surface area contributed by atoms with Crippen LogP contribution in [0.4, 0.5) is 5.69 Å². The first-order valence-corrected chi connectivity index (χ1v) is 7.47. The van der Waals surface area contributed by atoms with Gasteiger partial charge in [0, 0.05) is 5.56 Å². The second-order valence-electron chi connectivity index (χ2n) is 4.25. The minimum Gasteiger partial charge on any atom is -0.478 e. The molecular formula is C14H13NO5S. The highest BCUT2D eigenvalue weighted by Crippen LogP contribution is 2.20. The highest BCUT2D eigenvalue weighted by atomic mass is 32.2. The summed E-state index contributed by atoms with van der Waals surface area (Å²) in [7, 11) is -3.84. The minimum absolute atomic E-state index is 0.00436. The summed E-state index contributed by atoms with van der Waals surface area (Å²) < 4.78 is 26.8. The molecule has 0 heterocycles. The van der Waals surface area contributed by atoms with Crippen molar-refractivity contribution >= 4 is 21.7 Å².